The molecule has 2 unspecified atom stereocenters. The molecule has 1 saturated heterocycles. The number of aliphatic imine (C=N–C) groups is 1. The minimum Gasteiger partial charge on any atom is -0.376 e. The SMILES string of the molecule is CCNC(=NCC(C)COCc1ccccc1)N1CCOC(c2cnn(C)c2)C1.I. The van der Waals surface area contributed by atoms with E-state index in [1.165, 1.54) is 5.56 Å². The first-order valence-corrected chi connectivity index (χ1v) is 10.4. The first-order valence-electron chi connectivity index (χ1n) is 10.4. The zero-order valence-electron chi connectivity index (χ0n) is 18.2. The van der Waals surface area contributed by atoms with Crippen LogP contribution in [0.1, 0.15) is 31.1 Å². The molecule has 2 atom stereocenters. The molecule has 2 aromatic rings. The van der Waals surface area contributed by atoms with Crippen molar-refractivity contribution in [3.05, 3.63) is 53.9 Å². The van der Waals surface area contributed by atoms with Gasteiger partial charge in [0.25, 0.3) is 0 Å². The average Bonchev–Trinajstić information content (AvgIpc) is 3.18. The van der Waals surface area contributed by atoms with Gasteiger partial charge in [0.2, 0.25) is 0 Å². The van der Waals surface area contributed by atoms with Crippen molar-refractivity contribution < 1.29 is 9.47 Å². The Morgan fingerprint density at radius 1 is 1.37 bits per heavy atom. The number of nitrogens with one attached hydrogen (secondary N) is 1. The van der Waals surface area contributed by atoms with Crippen LogP contribution < -0.4 is 5.32 Å². The van der Waals surface area contributed by atoms with E-state index in [9.17, 15) is 0 Å². The molecule has 0 spiro atoms. The van der Waals surface area contributed by atoms with E-state index in [2.05, 4.69) is 41.3 Å². The molecule has 0 aliphatic carbocycles. The number of ether oxygens (including phenoxy) is 2. The van der Waals surface area contributed by atoms with Crippen molar-refractivity contribution in [3.63, 3.8) is 0 Å². The molecule has 1 aliphatic rings. The normalized spacial score (nSPS) is 18.0. The van der Waals surface area contributed by atoms with Gasteiger partial charge < -0.3 is 19.7 Å². The fraction of sp³-hybridized carbons (Fsp3) is 0.545. The van der Waals surface area contributed by atoms with Crippen molar-refractivity contribution in [1.29, 1.82) is 0 Å². The minimum atomic E-state index is 0. The molecule has 30 heavy (non-hydrogen) atoms. The van der Waals surface area contributed by atoms with E-state index in [1.54, 1.807) is 0 Å². The van der Waals surface area contributed by atoms with Gasteiger partial charge in [-0.2, -0.15) is 5.10 Å². The summed E-state index contributed by atoms with van der Waals surface area (Å²) in [4.78, 5) is 7.15. The van der Waals surface area contributed by atoms with Gasteiger partial charge in [-0.1, -0.05) is 37.3 Å². The number of nitrogens with zero attached hydrogens (tertiary/aromatic N) is 4. The summed E-state index contributed by atoms with van der Waals surface area (Å²) < 4.78 is 13.6. The van der Waals surface area contributed by atoms with Crippen LogP contribution in [0.2, 0.25) is 0 Å². The van der Waals surface area contributed by atoms with Crippen molar-refractivity contribution in [1.82, 2.24) is 20.0 Å². The molecule has 8 heteroatoms. The van der Waals surface area contributed by atoms with E-state index in [0.29, 0.717) is 25.7 Å². The quantitative estimate of drug-likeness (QED) is 0.325. The molecule has 1 fully saturated rings. The van der Waals surface area contributed by atoms with E-state index < -0.39 is 0 Å². The molecule has 0 amide bonds. The molecule has 7 nitrogen and oxygen atoms in total. The summed E-state index contributed by atoms with van der Waals surface area (Å²) in [7, 11) is 1.93. The van der Waals surface area contributed by atoms with Crippen LogP contribution in [0.3, 0.4) is 0 Å². The van der Waals surface area contributed by atoms with Crippen molar-refractivity contribution in [2.75, 3.05) is 39.4 Å². The second-order valence-corrected chi connectivity index (χ2v) is 7.55. The Bertz CT molecular complexity index is 768. The van der Waals surface area contributed by atoms with Gasteiger partial charge in [0.05, 0.1) is 32.6 Å². The lowest BCUT2D eigenvalue weighted by Crippen LogP contribution is -2.48. The number of aryl methyl sites for hydroxylation is 1. The molecule has 1 aliphatic heterocycles. The lowest BCUT2D eigenvalue weighted by atomic mass is 10.1. The first-order chi connectivity index (χ1) is 14.2. The summed E-state index contributed by atoms with van der Waals surface area (Å²) in [6.45, 7) is 9.47. The van der Waals surface area contributed by atoms with Crippen molar-refractivity contribution >= 4 is 29.9 Å². The highest BCUT2D eigenvalue weighted by Crippen LogP contribution is 2.21. The van der Waals surface area contributed by atoms with Crippen LogP contribution >= 0.6 is 24.0 Å². The van der Waals surface area contributed by atoms with Crippen LogP contribution in [0.25, 0.3) is 0 Å². The van der Waals surface area contributed by atoms with Crippen LogP contribution in [0.5, 0.6) is 0 Å². The Morgan fingerprint density at radius 3 is 2.87 bits per heavy atom. The summed E-state index contributed by atoms with van der Waals surface area (Å²) in [6, 6.07) is 10.3. The van der Waals surface area contributed by atoms with Crippen molar-refractivity contribution in [3.8, 4) is 0 Å². The van der Waals surface area contributed by atoms with Crippen LogP contribution in [0.4, 0.5) is 0 Å². The first kappa shape index (κ1) is 24.6. The molecule has 0 radical (unpaired) electrons. The Hall–Kier alpha value is -1.65. The molecular formula is C22H34IN5O2. The fourth-order valence-corrected chi connectivity index (χ4v) is 3.32. The average molecular weight is 527 g/mol. The molecule has 1 aromatic carbocycles. The number of guanidine groups is 1. The van der Waals surface area contributed by atoms with E-state index >= 15 is 0 Å². The van der Waals surface area contributed by atoms with Crippen LogP contribution in [0.15, 0.2) is 47.7 Å². The Balaban J connectivity index is 0.00000320. The summed E-state index contributed by atoms with van der Waals surface area (Å²) in [5, 5.41) is 7.69. The van der Waals surface area contributed by atoms with Gasteiger partial charge >= 0.3 is 0 Å². The van der Waals surface area contributed by atoms with E-state index in [4.69, 9.17) is 14.5 Å². The molecule has 0 saturated carbocycles. The second-order valence-electron chi connectivity index (χ2n) is 7.55. The highest BCUT2D eigenvalue weighted by molar-refractivity contribution is 14.0. The molecule has 0 bridgehead atoms. The number of aromatic nitrogens is 2. The van der Waals surface area contributed by atoms with Gasteiger partial charge in [-0.15, -0.1) is 24.0 Å². The predicted octanol–water partition coefficient (Wildman–Crippen LogP) is 3.23. The lowest BCUT2D eigenvalue weighted by molar-refractivity contribution is -0.00809. The Kier molecular flexibility index (Phi) is 10.6. The number of hydrogen-bond donors (Lipinski definition) is 1. The molecular weight excluding hydrogens is 493 g/mol. The third-order valence-electron chi connectivity index (χ3n) is 4.86. The maximum Gasteiger partial charge on any atom is 0.194 e. The number of benzene rings is 1. The number of morpholine rings is 1. The maximum absolute atomic E-state index is 5.96. The fourth-order valence-electron chi connectivity index (χ4n) is 3.32. The number of rotatable bonds is 8. The topological polar surface area (TPSA) is 63.9 Å². The van der Waals surface area contributed by atoms with Gasteiger partial charge in [-0.25, -0.2) is 0 Å². The maximum atomic E-state index is 5.96. The number of hydrogen-bond acceptors (Lipinski definition) is 4. The highest BCUT2D eigenvalue weighted by atomic mass is 127. The van der Waals surface area contributed by atoms with Crippen LogP contribution in [-0.2, 0) is 23.1 Å². The monoisotopic (exact) mass is 527 g/mol. The smallest absolute Gasteiger partial charge is 0.194 e. The zero-order chi connectivity index (χ0) is 20.5. The Morgan fingerprint density at radius 2 is 2.17 bits per heavy atom. The van der Waals surface area contributed by atoms with Crippen molar-refractivity contribution in [2.45, 2.75) is 26.6 Å². The minimum absolute atomic E-state index is 0. The molecule has 2 heterocycles. The van der Waals surface area contributed by atoms with E-state index in [-0.39, 0.29) is 30.1 Å². The number of halogens is 1. The van der Waals surface area contributed by atoms with Gasteiger partial charge in [-0.3, -0.25) is 9.67 Å². The van der Waals surface area contributed by atoms with Crippen LogP contribution in [0, 0.1) is 5.92 Å². The van der Waals surface area contributed by atoms with Gasteiger partial charge in [0, 0.05) is 38.4 Å². The Labute approximate surface area is 196 Å². The van der Waals surface area contributed by atoms with Gasteiger partial charge in [0.15, 0.2) is 5.96 Å². The van der Waals surface area contributed by atoms with Gasteiger partial charge in [0.1, 0.15) is 6.10 Å². The molecule has 1 aromatic heterocycles. The van der Waals surface area contributed by atoms with Crippen molar-refractivity contribution in [2.24, 2.45) is 18.0 Å². The standard InChI is InChI=1S/C22H33N5O2.HI/c1-4-23-22(24-12-18(2)16-28-17-19-8-6-5-7-9-19)27-10-11-29-21(15-27)20-13-25-26(3)14-20;/h5-9,13-14,18,21H,4,10-12,15-17H2,1-3H3,(H,23,24);1H. The zero-order valence-corrected chi connectivity index (χ0v) is 20.5. The molecule has 3 rings (SSSR count). The predicted molar refractivity (Wildman–Crippen MR) is 130 cm³/mol. The third kappa shape index (κ3) is 7.55. The highest BCUT2D eigenvalue weighted by Gasteiger charge is 2.25. The summed E-state index contributed by atoms with van der Waals surface area (Å²) in [5.41, 5.74) is 2.31. The van der Waals surface area contributed by atoms with Crippen LogP contribution in [-0.4, -0.2) is 60.0 Å². The second kappa shape index (κ2) is 12.9. The summed E-state index contributed by atoms with van der Waals surface area (Å²) in [6.07, 6.45) is 3.92. The lowest BCUT2D eigenvalue weighted by Gasteiger charge is -2.35. The van der Waals surface area contributed by atoms with E-state index in [1.807, 2.05) is 42.3 Å². The largest absolute Gasteiger partial charge is 0.376 e. The third-order valence-corrected chi connectivity index (χ3v) is 4.86. The molecule has 166 valence electrons. The molecule has 1 N–H and O–H groups in total. The summed E-state index contributed by atoms with van der Waals surface area (Å²) >= 11 is 0. The van der Waals surface area contributed by atoms with Gasteiger partial charge in [-0.05, 0) is 18.4 Å². The summed E-state index contributed by atoms with van der Waals surface area (Å²) in [5.74, 6) is 1.29. The van der Waals surface area contributed by atoms with E-state index in [0.717, 1.165) is 37.7 Å².